The van der Waals surface area contributed by atoms with E-state index in [-0.39, 0.29) is 5.41 Å². The maximum absolute atomic E-state index is 4.76. The zero-order valence-corrected chi connectivity index (χ0v) is 13.5. The van der Waals surface area contributed by atoms with Crippen molar-refractivity contribution < 1.29 is 0 Å². The van der Waals surface area contributed by atoms with Crippen molar-refractivity contribution in [3.8, 4) is 0 Å². The van der Waals surface area contributed by atoms with Crippen LogP contribution in [0.15, 0.2) is 36.7 Å². The van der Waals surface area contributed by atoms with Gasteiger partial charge in [-0.2, -0.15) is 0 Å². The lowest BCUT2D eigenvalue weighted by Gasteiger charge is -2.17. The number of imidazole rings is 1. The van der Waals surface area contributed by atoms with E-state index >= 15 is 0 Å². The van der Waals surface area contributed by atoms with Crippen LogP contribution in [0.3, 0.4) is 0 Å². The lowest BCUT2D eigenvalue weighted by atomic mass is 9.96. The Morgan fingerprint density at radius 1 is 1.09 bits per heavy atom. The van der Waals surface area contributed by atoms with Crippen molar-refractivity contribution in [1.29, 1.82) is 0 Å². The molecule has 2 aromatic heterocycles. The predicted octanol–water partition coefficient (Wildman–Crippen LogP) is 3.21. The molecule has 2 heterocycles. The molecule has 0 radical (unpaired) electrons. The first-order valence-electron chi connectivity index (χ1n) is 7.44. The summed E-state index contributed by atoms with van der Waals surface area (Å²) in [7, 11) is 1.87. The van der Waals surface area contributed by atoms with Crippen molar-refractivity contribution in [3.05, 3.63) is 48.0 Å². The first kappa shape index (κ1) is 14.5. The standard InChI is InChI=1S/C17H21N5/c1-17(2,3)16-20-14(18-4)13-15(21-16)22(11-19-13)10-12-8-6-5-7-9-12/h5-9,11H,10H2,1-4H3,(H,18,20,21). The van der Waals surface area contributed by atoms with Gasteiger partial charge in [-0.1, -0.05) is 51.1 Å². The second-order valence-electron chi connectivity index (χ2n) is 6.43. The molecule has 0 saturated heterocycles. The van der Waals surface area contributed by atoms with Gasteiger partial charge in [-0.3, -0.25) is 0 Å². The second kappa shape index (κ2) is 5.40. The summed E-state index contributed by atoms with van der Waals surface area (Å²) in [5.74, 6) is 1.60. The Labute approximate surface area is 130 Å². The van der Waals surface area contributed by atoms with Crippen LogP contribution in [0.4, 0.5) is 5.82 Å². The Morgan fingerprint density at radius 2 is 1.82 bits per heavy atom. The number of aromatic nitrogens is 4. The minimum absolute atomic E-state index is 0.109. The van der Waals surface area contributed by atoms with Crippen molar-refractivity contribution in [2.24, 2.45) is 0 Å². The maximum Gasteiger partial charge on any atom is 0.166 e. The van der Waals surface area contributed by atoms with Crippen LogP contribution in [0, 0.1) is 0 Å². The quantitative estimate of drug-likeness (QED) is 0.806. The average Bonchev–Trinajstić information content (AvgIpc) is 2.90. The molecule has 1 aromatic carbocycles. The normalized spacial score (nSPS) is 11.8. The highest BCUT2D eigenvalue weighted by atomic mass is 15.2. The molecular formula is C17H21N5. The Kier molecular flexibility index (Phi) is 3.56. The highest BCUT2D eigenvalue weighted by molar-refractivity contribution is 5.83. The summed E-state index contributed by atoms with van der Waals surface area (Å²) in [6.45, 7) is 7.10. The molecule has 22 heavy (non-hydrogen) atoms. The molecule has 5 nitrogen and oxygen atoms in total. The predicted molar refractivity (Wildman–Crippen MR) is 89.1 cm³/mol. The molecule has 0 atom stereocenters. The summed E-state index contributed by atoms with van der Waals surface area (Å²) in [6.07, 6.45) is 1.83. The van der Waals surface area contributed by atoms with Crippen molar-refractivity contribution in [2.75, 3.05) is 12.4 Å². The van der Waals surface area contributed by atoms with E-state index in [1.165, 1.54) is 5.56 Å². The van der Waals surface area contributed by atoms with Crippen LogP contribution in [0.2, 0.25) is 0 Å². The summed E-state index contributed by atoms with van der Waals surface area (Å²) in [5.41, 5.74) is 2.80. The summed E-state index contributed by atoms with van der Waals surface area (Å²) >= 11 is 0. The molecule has 0 saturated carbocycles. The molecule has 1 N–H and O–H groups in total. The van der Waals surface area contributed by atoms with E-state index in [2.05, 4.69) is 52.8 Å². The van der Waals surface area contributed by atoms with Gasteiger partial charge in [0.1, 0.15) is 11.3 Å². The van der Waals surface area contributed by atoms with Crippen LogP contribution in [0.5, 0.6) is 0 Å². The van der Waals surface area contributed by atoms with Gasteiger partial charge in [0.2, 0.25) is 0 Å². The van der Waals surface area contributed by atoms with Crippen molar-refractivity contribution in [1.82, 2.24) is 19.5 Å². The number of benzene rings is 1. The van der Waals surface area contributed by atoms with Crippen LogP contribution >= 0.6 is 0 Å². The van der Waals surface area contributed by atoms with E-state index in [0.717, 1.165) is 29.4 Å². The molecule has 0 aliphatic carbocycles. The van der Waals surface area contributed by atoms with Gasteiger partial charge < -0.3 is 9.88 Å². The second-order valence-corrected chi connectivity index (χ2v) is 6.43. The van der Waals surface area contributed by atoms with E-state index in [1.54, 1.807) is 0 Å². The number of rotatable bonds is 3. The maximum atomic E-state index is 4.76. The van der Waals surface area contributed by atoms with E-state index < -0.39 is 0 Å². The molecule has 0 fully saturated rings. The van der Waals surface area contributed by atoms with Crippen LogP contribution in [-0.4, -0.2) is 26.6 Å². The van der Waals surface area contributed by atoms with Crippen molar-refractivity contribution in [2.45, 2.75) is 32.7 Å². The molecule has 0 aliphatic heterocycles. The topological polar surface area (TPSA) is 55.6 Å². The Balaban J connectivity index is 2.12. The van der Waals surface area contributed by atoms with Crippen LogP contribution < -0.4 is 5.32 Å². The molecule has 114 valence electrons. The van der Waals surface area contributed by atoms with Gasteiger partial charge in [0.15, 0.2) is 11.5 Å². The Hall–Kier alpha value is -2.43. The summed E-state index contributed by atoms with van der Waals surface area (Å²) in [6, 6.07) is 10.3. The molecule has 5 heteroatoms. The minimum atomic E-state index is -0.109. The minimum Gasteiger partial charge on any atom is -0.371 e. The van der Waals surface area contributed by atoms with E-state index in [9.17, 15) is 0 Å². The average molecular weight is 295 g/mol. The number of anilines is 1. The molecule has 0 unspecified atom stereocenters. The largest absolute Gasteiger partial charge is 0.371 e. The lowest BCUT2D eigenvalue weighted by Crippen LogP contribution is -2.17. The Morgan fingerprint density at radius 3 is 2.45 bits per heavy atom. The number of hydrogen-bond acceptors (Lipinski definition) is 4. The fraction of sp³-hybridized carbons (Fsp3) is 0.353. The summed E-state index contributed by atoms with van der Waals surface area (Å²) < 4.78 is 2.07. The smallest absolute Gasteiger partial charge is 0.166 e. The fourth-order valence-electron chi connectivity index (χ4n) is 2.35. The highest BCUT2D eigenvalue weighted by Gasteiger charge is 2.21. The van der Waals surface area contributed by atoms with Gasteiger partial charge in [-0.15, -0.1) is 0 Å². The number of nitrogens with one attached hydrogen (secondary N) is 1. The van der Waals surface area contributed by atoms with Gasteiger partial charge in [0.05, 0.1) is 12.9 Å². The third-order valence-corrected chi connectivity index (χ3v) is 3.57. The van der Waals surface area contributed by atoms with Gasteiger partial charge >= 0.3 is 0 Å². The SMILES string of the molecule is CNc1nc(C(C)(C)C)nc2c1ncn2Cc1ccccc1. The monoisotopic (exact) mass is 295 g/mol. The van der Waals surface area contributed by atoms with Crippen molar-refractivity contribution in [3.63, 3.8) is 0 Å². The third-order valence-electron chi connectivity index (χ3n) is 3.57. The number of hydrogen-bond donors (Lipinski definition) is 1. The van der Waals surface area contributed by atoms with Gasteiger partial charge in [-0.05, 0) is 5.56 Å². The zero-order valence-electron chi connectivity index (χ0n) is 13.5. The van der Waals surface area contributed by atoms with Crippen LogP contribution in [0.1, 0.15) is 32.2 Å². The van der Waals surface area contributed by atoms with Gasteiger partial charge in [0.25, 0.3) is 0 Å². The van der Waals surface area contributed by atoms with Crippen LogP contribution in [0.25, 0.3) is 11.2 Å². The third kappa shape index (κ3) is 2.66. The molecule has 3 rings (SSSR count). The lowest BCUT2D eigenvalue weighted by molar-refractivity contribution is 0.547. The van der Waals surface area contributed by atoms with Gasteiger partial charge in [-0.25, -0.2) is 15.0 Å². The Bertz CT molecular complexity index is 784. The zero-order chi connectivity index (χ0) is 15.7. The molecule has 0 bridgehead atoms. The van der Waals surface area contributed by atoms with Crippen LogP contribution in [-0.2, 0) is 12.0 Å². The summed E-state index contributed by atoms with van der Waals surface area (Å²) in [5, 5.41) is 3.13. The van der Waals surface area contributed by atoms with E-state index in [1.807, 2.05) is 31.6 Å². The molecule has 0 spiro atoms. The first-order chi connectivity index (χ1) is 10.5. The first-order valence-corrected chi connectivity index (χ1v) is 7.44. The van der Waals surface area contributed by atoms with Gasteiger partial charge in [0, 0.05) is 12.5 Å². The van der Waals surface area contributed by atoms with Crippen molar-refractivity contribution >= 4 is 17.0 Å². The molecule has 0 amide bonds. The number of fused-ring (bicyclic) bond motifs is 1. The van der Waals surface area contributed by atoms with E-state index in [4.69, 9.17) is 4.98 Å². The highest BCUT2D eigenvalue weighted by Crippen LogP contribution is 2.25. The van der Waals surface area contributed by atoms with E-state index in [0.29, 0.717) is 0 Å². The molecule has 3 aromatic rings. The molecular weight excluding hydrogens is 274 g/mol. The molecule has 0 aliphatic rings. The summed E-state index contributed by atoms with van der Waals surface area (Å²) in [4.78, 5) is 13.9. The fourth-order valence-corrected chi connectivity index (χ4v) is 2.35. The number of nitrogens with zero attached hydrogens (tertiary/aromatic N) is 4.